The molecule has 1 fully saturated rings. The fraction of sp³-hybridized carbons (Fsp3) is 0.833. The van der Waals surface area contributed by atoms with Gasteiger partial charge in [-0.3, -0.25) is 9.11 Å². The van der Waals surface area contributed by atoms with Crippen LogP contribution in [0.15, 0.2) is 0 Å². The van der Waals surface area contributed by atoms with Crippen LogP contribution >= 0.6 is 11.8 Å². The second-order valence-corrected chi connectivity index (χ2v) is 7.91. The van der Waals surface area contributed by atoms with Crippen molar-refractivity contribution < 1.29 is 18.9 Å². The summed E-state index contributed by atoms with van der Waals surface area (Å²) in [6.45, 7) is 6.06. The fourth-order valence-corrected chi connectivity index (χ4v) is 4.09. The number of thioether (sulfide) groups is 1. The predicted octanol–water partition coefficient (Wildman–Crippen LogP) is 0.949. The van der Waals surface area contributed by atoms with Gasteiger partial charge >= 0.3 is 12.0 Å². The lowest BCUT2D eigenvalue weighted by Crippen LogP contribution is -2.51. The van der Waals surface area contributed by atoms with E-state index in [2.05, 4.69) is 5.32 Å². The van der Waals surface area contributed by atoms with Crippen LogP contribution in [0.1, 0.15) is 20.8 Å². The molecule has 1 aliphatic heterocycles. The summed E-state index contributed by atoms with van der Waals surface area (Å²) in [7, 11) is -0.935. The number of urea groups is 1. The second-order valence-electron chi connectivity index (χ2n) is 4.89. The number of rotatable bonds is 6. The zero-order valence-corrected chi connectivity index (χ0v) is 13.6. The average Bonchev–Trinajstić information content (AvgIpc) is 2.83. The van der Waals surface area contributed by atoms with E-state index in [1.807, 2.05) is 20.8 Å². The molecule has 2 amide bonds. The van der Waals surface area contributed by atoms with E-state index in [9.17, 15) is 18.9 Å². The van der Waals surface area contributed by atoms with Gasteiger partial charge in [0.05, 0.1) is 5.37 Å². The number of aliphatic carboxylic acids is 1. The van der Waals surface area contributed by atoms with Gasteiger partial charge in [-0.25, -0.2) is 9.59 Å². The number of hydrogen-bond acceptors (Lipinski definition) is 4. The first kappa shape index (κ1) is 17.3. The quantitative estimate of drug-likeness (QED) is 0.760. The maximum Gasteiger partial charge on any atom is 0.327 e. The van der Waals surface area contributed by atoms with Gasteiger partial charge in [0.25, 0.3) is 0 Å². The number of carboxylic acids is 1. The van der Waals surface area contributed by atoms with Crippen LogP contribution in [0.2, 0.25) is 0 Å². The van der Waals surface area contributed by atoms with Crippen molar-refractivity contribution in [3.8, 4) is 0 Å². The molecule has 0 radical (unpaired) electrons. The lowest BCUT2D eigenvalue weighted by Gasteiger charge is -2.29. The monoisotopic (exact) mass is 322 g/mol. The maximum absolute atomic E-state index is 12.2. The largest absolute Gasteiger partial charge is 0.480 e. The van der Waals surface area contributed by atoms with Crippen LogP contribution in [0, 0.1) is 5.92 Å². The highest BCUT2D eigenvalue weighted by Crippen LogP contribution is 2.33. The molecule has 0 aromatic heterocycles. The van der Waals surface area contributed by atoms with Crippen LogP contribution in [-0.4, -0.2) is 61.4 Å². The molecule has 2 N–H and O–H groups in total. The normalized spacial score (nSPS) is 23.9. The molecule has 0 bridgehead atoms. The van der Waals surface area contributed by atoms with E-state index >= 15 is 0 Å². The number of carboxylic acid groups (broad SMARTS) is 1. The van der Waals surface area contributed by atoms with E-state index in [4.69, 9.17) is 0 Å². The van der Waals surface area contributed by atoms with Gasteiger partial charge in [-0.2, -0.15) is 0 Å². The van der Waals surface area contributed by atoms with Crippen LogP contribution in [0.3, 0.4) is 0 Å². The molecule has 116 valence electrons. The van der Waals surface area contributed by atoms with Crippen molar-refractivity contribution in [3.05, 3.63) is 0 Å². The lowest BCUT2D eigenvalue weighted by molar-refractivity contribution is -0.141. The van der Waals surface area contributed by atoms with Gasteiger partial charge in [-0.15, -0.1) is 11.8 Å². The van der Waals surface area contributed by atoms with Crippen molar-refractivity contribution in [1.29, 1.82) is 0 Å². The summed E-state index contributed by atoms with van der Waals surface area (Å²) in [6, 6.07) is -1.17. The highest BCUT2D eigenvalue weighted by atomic mass is 32.2. The van der Waals surface area contributed by atoms with Crippen LogP contribution in [0.25, 0.3) is 0 Å². The van der Waals surface area contributed by atoms with Gasteiger partial charge in [0.15, 0.2) is 0 Å². The Morgan fingerprint density at radius 3 is 2.65 bits per heavy atom. The van der Waals surface area contributed by atoms with Gasteiger partial charge in [-0.05, 0) is 5.92 Å². The predicted molar refractivity (Wildman–Crippen MR) is 81.3 cm³/mol. The molecule has 8 heteroatoms. The molecule has 20 heavy (non-hydrogen) atoms. The standard InChI is InChI=1S/C12H22N2O4S2/c1-4-20(18)6-5-13-12(17)14-9(11(15)16)7-19-10(14)8(2)3/h8-10H,4-7H2,1-3H3,(H,13,17)(H,15,16). The Morgan fingerprint density at radius 2 is 2.15 bits per heavy atom. The smallest absolute Gasteiger partial charge is 0.327 e. The molecule has 0 spiro atoms. The summed E-state index contributed by atoms with van der Waals surface area (Å²) in [5, 5.41) is 11.7. The van der Waals surface area contributed by atoms with E-state index in [1.165, 1.54) is 16.7 Å². The summed E-state index contributed by atoms with van der Waals surface area (Å²) < 4.78 is 11.3. The molecule has 1 aliphatic rings. The molecule has 3 unspecified atom stereocenters. The molecular weight excluding hydrogens is 300 g/mol. The van der Waals surface area contributed by atoms with Gasteiger partial charge in [0.1, 0.15) is 6.04 Å². The Hall–Kier alpha value is -0.760. The zero-order valence-electron chi connectivity index (χ0n) is 12.0. The van der Waals surface area contributed by atoms with Crippen molar-refractivity contribution in [2.75, 3.05) is 23.8 Å². The van der Waals surface area contributed by atoms with Crippen molar-refractivity contribution in [1.82, 2.24) is 10.2 Å². The number of nitrogens with zero attached hydrogens (tertiary/aromatic N) is 1. The van der Waals surface area contributed by atoms with E-state index in [-0.39, 0.29) is 17.3 Å². The third kappa shape index (κ3) is 4.37. The summed E-state index contributed by atoms with van der Waals surface area (Å²) >= 11 is 1.49. The lowest BCUT2D eigenvalue weighted by atomic mass is 10.2. The van der Waals surface area contributed by atoms with E-state index < -0.39 is 22.8 Å². The first-order chi connectivity index (χ1) is 9.38. The molecular formula is C12H22N2O4S2. The molecule has 3 atom stereocenters. The van der Waals surface area contributed by atoms with E-state index in [1.54, 1.807) is 0 Å². The Labute approximate surface area is 126 Å². The van der Waals surface area contributed by atoms with Crippen molar-refractivity contribution in [3.63, 3.8) is 0 Å². The minimum atomic E-state index is -0.979. The zero-order chi connectivity index (χ0) is 15.3. The molecule has 1 rings (SSSR count). The third-order valence-corrected chi connectivity index (χ3v) is 5.98. The molecule has 1 heterocycles. The molecule has 0 aliphatic carbocycles. The average molecular weight is 322 g/mol. The molecule has 0 aromatic rings. The van der Waals surface area contributed by atoms with Gasteiger partial charge in [0, 0.05) is 34.6 Å². The Balaban J connectivity index is 2.64. The highest BCUT2D eigenvalue weighted by molar-refractivity contribution is 8.00. The first-order valence-corrected chi connectivity index (χ1v) is 9.17. The minimum Gasteiger partial charge on any atom is -0.480 e. The number of amides is 2. The molecule has 0 aromatic carbocycles. The Bertz CT molecular complexity index is 390. The van der Waals surface area contributed by atoms with Gasteiger partial charge in [0.2, 0.25) is 0 Å². The summed E-state index contributed by atoms with van der Waals surface area (Å²) in [5.41, 5.74) is 0. The van der Waals surface area contributed by atoms with Crippen molar-refractivity contribution in [2.24, 2.45) is 5.92 Å². The molecule has 1 saturated heterocycles. The third-order valence-electron chi connectivity index (χ3n) is 3.05. The Morgan fingerprint density at radius 1 is 1.50 bits per heavy atom. The number of carbonyl (C=O) groups is 2. The minimum absolute atomic E-state index is 0.132. The number of nitrogens with one attached hydrogen (secondary N) is 1. The fourth-order valence-electron chi connectivity index (χ4n) is 2.00. The maximum atomic E-state index is 12.2. The number of carbonyl (C=O) groups excluding carboxylic acids is 1. The van der Waals surface area contributed by atoms with Gasteiger partial charge in [-0.1, -0.05) is 20.8 Å². The van der Waals surface area contributed by atoms with Crippen molar-refractivity contribution in [2.45, 2.75) is 32.2 Å². The first-order valence-electron chi connectivity index (χ1n) is 6.64. The highest BCUT2D eigenvalue weighted by Gasteiger charge is 2.42. The molecule has 0 saturated carbocycles. The number of hydrogen-bond donors (Lipinski definition) is 2. The van der Waals surface area contributed by atoms with Crippen LogP contribution in [0.4, 0.5) is 4.79 Å². The van der Waals surface area contributed by atoms with Crippen LogP contribution < -0.4 is 5.32 Å². The topological polar surface area (TPSA) is 86.7 Å². The van der Waals surface area contributed by atoms with E-state index in [0.29, 0.717) is 23.8 Å². The molecule has 6 nitrogen and oxygen atoms in total. The van der Waals surface area contributed by atoms with Crippen molar-refractivity contribution >= 4 is 34.6 Å². The van der Waals surface area contributed by atoms with E-state index in [0.717, 1.165) is 0 Å². The van der Waals surface area contributed by atoms with Gasteiger partial charge < -0.3 is 10.4 Å². The Kier molecular flexibility index (Phi) is 6.81. The summed E-state index contributed by atoms with van der Waals surface area (Å²) in [6.07, 6.45) is 0. The van der Waals surface area contributed by atoms with Crippen LogP contribution in [0.5, 0.6) is 0 Å². The SMILES string of the molecule is CCS(=O)CCNC(=O)N1C(C(=O)O)CSC1C(C)C. The summed E-state index contributed by atoms with van der Waals surface area (Å²) in [5.74, 6) is 0.564. The summed E-state index contributed by atoms with van der Waals surface area (Å²) in [4.78, 5) is 24.8. The van der Waals surface area contributed by atoms with Crippen LogP contribution in [-0.2, 0) is 15.6 Å². The second kappa shape index (κ2) is 7.87.